The zero-order chi connectivity index (χ0) is 19.5. The third-order valence-electron chi connectivity index (χ3n) is 5.41. The fourth-order valence-electron chi connectivity index (χ4n) is 3.86. The van der Waals surface area contributed by atoms with Crippen LogP contribution in [-0.2, 0) is 11.3 Å². The number of carbonyl (C=O) groups excluding carboxylic acids is 1. The van der Waals surface area contributed by atoms with Crippen LogP contribution in [0, 0.1) is 0 Å². The van der Waals surface area contributed by atoms with Crippen LogP contribution in [0.2, 0.25) is 0 Å². The van der Waals surface area contributed by atoms with E-state index in [0.29, 0.717) is 11.6 Å². The molecular formula is C22H24N4O2. The van der Waals surface area contributed by atoms with Crippen molar-refractivity contribution in [2.24, 2.45) is 0 Å². The van der Waals surface area contributed by atoms with Crippen molar-refractivity contribution in [3.05, 3.63) is 66.0 Å². The quantitative estimate of drug-likeness (QED) is 0.638. The van der Waals surface area contributed by atoms with E-state index in [1.54, 1.807) is 12.4 Å². The van der Waals surface area contributed by atoms with Crippen LogP contribution in [0.25, 0.3) is 10.9 Å². The van der Waals surface area contributed by atoms with Crippen molar-refractivity contribution < 1.29 is 9.53 Å². The first-order chi connectivity index (χ1) is 13.7. The minimum atomic E-state index is -0.353. The number of carbonyl (C=O) groups is 1. The first-order valence-electron chi connectivity index (χ1n) is 9.48. The SMILES string of the molecule is COC(=O)c1ccc2ncnc(N(C)C3CCN(Cc4ccccc4)C3)c2c1. The lowest BCUT2D eigenvalue weighted by atomic mass is 10.1. The van der Waals surface area contributed by atoms with Crippen LogP contribution in [0.15, 0.2) is 54.9 Å². The number of fused-ring (bicyclic) bond motifs is 1. The normalized spacial score (nSPS) is 17.0. The van der Waals surface area contributed by atoms with Gasteiger partial charge in [0.05, 0.1) is 18.2 Å². The van der Waals surface area contributed by atoms with Gasteiger partial charge >= 0.3 is 5.97 Å². The van der Waals surface area contributed by atoms with Crippen LogP contribution < -0.4 is 4.90 Å². The Bertz CT molecular complexity index is 977. The Kier molecular flexibility index (Phi) is 5.21. The number of likely N-dealkylation sites (tertiary alicyclic amines) is 1. The van der Waals surface area contributed by atoms with E-state index in [9.17, 15) is 4.79 Å². The highest BCUT2D eigenvalue weighted by molar-refractivity contribution is 5.97. The van der Waals surface area contributed by atoms with Crippen LogP contribution in [0.4, 0.5) is 5.82 Å². The highest BCUT2D eigenvalue weighted by atomic mass is 16.5. The Hall–Kier alpha value is -2.99. The molecule has 1 aliphatic rings. The molecule has 0 N–H and O–H groups in total. The van der Waals surface area contributed by atoms with Crippen molar-refractivity contribution in [3.63, 3.8) is 0 Å². The predicted molar refractivity (Wildman–Crippen MR) is 109 cm³/mol. The molecule has 6 heteroatoms. The summed E-state index contributed by atoms with van der Waals surface area (Å²) < 4.78 is 4.86. The van der Waals surface area contributed by atoms with Gasteiger partial charge in [-0.1, -0.05) is 30.3 Å². The number of anilines is 1. The first-order valence-corrected chi connectivity index (χ1v) is 9.48. The van der Waals surface area contributed by atoms with Crippen LogP contribution >= 0.6 is 0 Å². The van der Waals surface area contributed by atoms with E-state index in [0.717, 1.165) is 42.8 Å². The molecule has 3 aromatic rings. The lowest BCUT2D eigenvalue weighted by Gasteiger charge is -2.27. The monoisotopic (exact) mass is 376 g/mol. The van der Waals surface area contributed by atoms with Crippen LogP contribution in [0.5, 0.6) is 0 Å². The summed E-state index contributed by atoms with van der Waals surface area (Å²) in [5, 5.41) is 0.870. The van der Waals surface area contributed by atoms with Crippen molar-refractivity contribution in [2.75, 3.05) is 32.1 Å². The number of ether oxygens (including phenoxy) is 1. The number of hydrogen-bond acceptors (Lipinski definition) is 6. The molecule has 2 heterocycles. The molecule has 28 heavy (non-hydrogen) atoms. The highest BCUT2D eigenvalue weighted by Gasteiger charge is 2.27. The van der Waals surface area contributed by atoms with Gasteiger partial charge < -0.3 is 9.64 Å². The van der Waals surface area contributed by atoms with Crippen LogP contribution in [-0.4, -0.2) is 54.1 Å². The number of nitrogens with zero attached hydrogens (tertiary/aromatic N) is 4. The van der Waals surface area contributed by atoms with E-state index in [2.05, 4.69) is 51.1 Å². The summed E-state index contributed by atoms with van der Waals surface area (Å²) in [6.45, 7) is 3.00. The number of hydrogen-bond donors (Lipinski definition) is 0. The molecule has 2 aromatic carbocycles. The van der Waals surface area contributed by atoms with Crippen LogP contribution in [0.3, 0.4) is 0 Å². The molecule has 0 radical (unpaired) electrons. The Morgan fingerprint density at radius 1 is 1.21 bits per heavy atom. The van der Waals surface area contributed by atoms with Gasteiger partial charge in [-0.15, -0.1) is 0 Å². The Morgan fingerprint density at radius 3 is 2.82 bits per heavy atom. The summed E-state index contributed by atoms with van der Waals surface area (Å²) in [7, 11) is 3.46. The molecule has 0 saturated carbocycles. The molecule has 1 saturated heterocycles. The summed E-state index contributed by atoms with van der Waals surface area (Å²) in [6.07, 6.45) is 2.66. The van der Waals surface area contributed by atoms with Crippen molar-refractivity contribution >= 4 is 22.7 Å². The Morgan fingerprint density at radius 2 is 2.04 bits per heavy atom. The van der Waals surface area contributed by atoms with Gasteiger partial charge in [0.15, 0.2) is 0 Å². The first kappa shape index (κ1) is 18.4. The second-order valence-electron chi connectivity index (χ2n) is 7.19. The maximum Gasteiger partial charge on any atom is 0.337 e. The zero-order valence-electron chi connectivity index (χ0n) is 16.2. The summed E-state index contributed by atoms with van der Waals surface area (Å²) in [4.78, 5) is 25.5. The summed E-state index contributed by atoms with van der Waals surface area (Å²) in [6, 6.07) is 16.3. The van der Waals surface area contributed by atoms with Gasteiger partial charge in [-0.05, 0) is 30.2 Å². The van der Waals surface area contributed by atoms with Gasteiger partial charge in [0, 0.05) is 38.1 Å². The number of likely N-dealkylation sites (N-methyl/N-ethyl adjacent to an activating group) is 1. The second kappa shape index (κ2) is 7.94. The molecule has 1 fully saturated rings. The number of aromatic nitrogens is 2. The number of benzene rings is 2. The average molecular weight is 376 g/mol. The van der Waals surface area contributed by atoms with Gasteiger partial charge in [0.1, 0.15) is 12.1 Å². The summed E-state index contributed by atoms with van der Waals surface area (Å²) in [5.74, 6) is 0.497. The molecular weight excluding hydrogens is 352 g/mol. The molecule has 1 atom stereocenters. The van der Waals surface area contributed by atoms with Crippen molar-refractivity contribution in [1.82, 2.24) is 14.9 Å². The van der Waals surface area contributed by atoms with E-state index in [1.165, 1.54) is 12.7 Å². The largest absolute Gasteiger partial charge is 0.465 e. The number of rotatable bonds is 5. The third-order valence-corrected chi connectivity index (χ3v) is 5.41. The molecule has 1 aliphatic heterocycles. The molecule has 6 nitrogen and oxygen atoms in total. The van der Waals surface area contributed by atoms with Gasteiger partial charge in [0.2, 0.25) is 0 Å². The van der Waals surface area contributed by atoms with Gasteiger partial charge in [-0.3, -0.25) is 4.90 Å². The maximum absolute atomic E-state index is 11.9. The maximum atomic E-state index is 11.9. The fourth-order valence-corrected chi connectivity index (χ4v) is 3.86. The zero-order valence-corrected chi connectivity index (χ0v) is 16.2. The van der Waals surface area contributed by atoms with Crippen molar-refractivity contribution in [2.45, 2.75) is 19.0 Å². The molecule has 1 aromatic heterocycles. The van der Waals surface area contributed by atoms with Gasteiger partial charge in [-0.25, -0.2) is 14.8 Å². The predicted octanol–water partition coefficient (Wildman–Crippen LogP) is 3.13. The standard InChI is InChI=1S/C22H24N4O2/c1-25(18-10-11-26(14-18)13-16-6-4-3-5-7-16)21-19-12-17(22(27)28-2)8-9-20(19)23-15-24-21/h3-9,12,15,18H,10-11,13-14H2,1-2H3. The lowest BCUT2D eigenvalue weighted by molar-refractivity contribution is 0.0601. The molecule has 1 unspecified atom stereocenters. The molecule has 0 spiro atoms. The second-order valence-corrected chi connectivity index (χ2v) is 7.19. The minimum absolute atomic E-state index is 0.353. The Balaban J connectivity index is 1.55. The number of methoxy groups -OCH3 is 1. The highest BCUT2D eigenvalue weighted by Crippen LogP contribution is 2.28. The molecule has 0 aliphatic carbocycles. The number of esters is 1. The Labute approximate surface area is 164 Å². The fraction of sp³-hybridized carbons (Fsp3) is 0.318. The van der Waals surface area contributed by atoms with Gasteiger partial charge in [0.25, 0.3) is 0 Å². The molecule has 4 rings (SSSR count). The van der Waals surface area contributed by atoms with E-state index < -0.39 is 0 Å². The van der Waals surface area contributed by atoms with E-state index >= 15 is 0 Å². The van der Waals surface area contributed by atoms with Crippen molar-refractivity contribution in [1.29, 1.82) is 0 Å². The van der Waals surface area contributed by atoms with Crippen molar-refractivity contribution in [3.8, 4) is 0 Å². The molecule has 0 amide bonds. The smallest absolute Gasteiger partial charge is 0.337 e. The van der Waals surface area contributed by atoms with Gasteiger partial charge in [-0.2, -0.15) is 0 Å². The summed E-state index contributed by atoms with van der Waals surface area (Å²) in [5.41, 5.74) is 2.67. The van der Waals surface area contributed by atoms with E-state index in [1.807, 2.05) is 18.2 Å². The van der Waals surface area contributed by atoms with Crippen LogP contribution in [0.1, 0.15) is 22.3 Å². The molecule has 0 bridgehead atoms. The average Bonchev–Trinajstić information content (AvgIpc) is 3.21. The third kappa shape index (κ3) is 3.68. The summed E-state index contributed by atoms with van der Waals surface area (Å²) >= 11 is 0. The topological polar surface area (TPSA) is 58.6 Å². The van der Waals surface area contributed by atoms with E-state index in [-0.39, 0.29) is 5.97 Å². The van der Waals surface area contributed by atoms with E-state index in [4.69, 9.17) is 4.74 Å². The lowest BCUT2D eigenvalue weighted by Crippen LogP contribution is -2.35. The minimum Gasteiger partial charge on any atom is -0.465 e. The molecule has 144 valence electrons.